The third-order valence-electron chi connectivity index (χ3n) is 3.56. The highest BCUT2D eigenvalue weighted by Gasteiger charge is 2.32. The van der Waals surface area contributed by atoms with Gasteiger partial charge in [0.05, 0.1) is 11.1 Å². The molecule has 18 heavy (non-hydrogen) atoms. The van der Waals surface area contributed by atoms with Crippen LogP contribution in [-0.4, -0.2) is 16.8 Å². The molecule has 1 amide bonds. The van der Waals surface area contributed by atoms with Gasteiger partial charge in [0.2, 0.25) is 0 Å². The summed E-state index contributed by atoms with van der Waals surface area (Å²) in [6.45, 7) is 0. The summed E-state index contributed by atoms with van der Waals surface area (Å²) in [5.41, 5.74) is 0.647. The minimum absolute atomic E-state index is 0.0174. The standard InChI is InChI=1S/C14H17Br2NO/c15-10-14(8-4-1-5-9-14)17-13(18)11-6-2-3-7-12(11)16/h2-3,6-7H,1,4-5,8-10H2,(H,17,18). The lowest BCUT2D eigenvalue weighted by Gasteiger charge is -2.36. The molecule has 0 radical (unpaired) electrons. The summed E-state index contributed by atoms with van der Waals surface area (Å²) >= 11 is 6.99. The van der Waals surface area contributed by atoms with Crippen molar-refractivity contribution in [1.29, 1.82) is 0 Å². The van der Waals surface area contributed by atoms with E-state index in [9.17, 15) is 4.79 Å². The van der Waals surface area contributed by atoms with E-state index in [4.69, 9.17) is 0 Å². The average Bonchev–Trinajstić information content (AvgIpc) is 2.40. The van der Waals surface area contributed by atoms with Gasteiger partial charge >= 0.3 is 0 Å². The summed E-state index contributed by atoms with van der Waals surface area (Å²) in [5, 5.41) is 4.05. The maximum absolute atomic E-state index is 12.3. The van der Waals surface area contributed by atoms with Gasteiger partial charge in [-0.05, 0) is 40.9 Å². The predicted molar refractivity (Wildman–Crippen MR) is 81.2 cm³/mol. The molecule has 0 spiro atoms. The van der Waals surface area contributed by atoms with Gasteiger partial charge in [-0.1, -0.05) is 47.3 Å². The molecule has 0 unspecified atom stereocenters. The Kier molecular flexibility index (Phi) is 4.84. The van der Waals surface area contributed by atoms with Crippen LogP contribution in [0.15, 0.2) is 28.7 Å². The van der Waals surface area contributed by atoms with E-state index in [-0.39, 0.29) is 11.4 Å². The number of hydrogen-bond donors (Lipinski definition) is 1. The SMILES string of the molecule is O=C(NC1(CBr)CCCCC1)c1ccccc1Br. The number of carbonyl (C=O) groups excluding carboxylic acids is 1. The van der Waals surface area contributed by atoms with Gasteiger partial charge in [-0.2, -0.15) is 0 Å². The summed E-state index contributed by atoms with van der Waals surface area (Å²) in [4.78, 5) is 12.3. The maximum atomic E-state index is 12.3. The molecule has 98 valence electrons. The van der Waals surface area contributed by atoms with E-state index < -0.39 is 0 Å². The highest BCUT2D eigenvalue weighted by atomic mass is 79.9. The smallest absolute Gasteiger partial charge is 0.252 e. The van der Waals surface area contributed by atoms with Crippen molar-refractivity contribution in [3.05, 3.63) is 34.3 Å². The lowest BCUT2D eigenvalue weighted by atomic mass is 9.83. The third-order valence-corrected chi connectivity index (χ3v) is 5.33. The van der Waals surface area contributed by atoms with E-state index in [1.165, 1.54) is 19.3 Å². The molecular weight excluding hydrogens is 358 g/mol. The summed E-state index contributed by atoms with van der Waals surface area (Å²) < 4.78 is 0.850. The van der Waals surface area contributed by atoms with Gasteiger partial charge in [-0.3, -0.25) is 4.79 Å². The molecule has 2 rings (SSSR count). The lowest BCUT2D eigenvalue weighted by Crippen LogP contribution is -2.51. The zero-order valence-corrected chi connectivity index (χ0v) is 13.4. The van der Waals surface area contributed by atoms with Gasteiger partial charge in [0, 0.05) is 9.80 Å². The van der Waals surface area contributed by atoms with Crippen LogP contribution in [0.3, 0.4) is 0 Å². The quantitative estimate of drug-likeness (QED) is 0.786. The first-order valence-corrected chi connectivity index (χ1v) is 8.21. The van der Waals surface area contributed by atoms with Crippen LogP contribution in [0.4, 0.5) is 0 Å². The molecular formula is C14H17Br2NO. The van der Waals surface area contributed by atoms with Crippen LogP contribution in [-0.2, 0) is 0 Å². The Morgan fingerprint density at radius 1 is 1.22 bits per heavy atom. The normalized spacial score (nSPS) is 18.3. The van der Waals surface area contributed by atoms with Gasteiger partial charge in [0.25, 0.3) is 5.91 Å². The Hall–Kier alpha value is -0.350. The Labute approximate surface area is 125 Å². The van der Waals surface area contributed by atoms with E-state index in [1.54, 1.807) is 0 Å². The van der Waals surface area contributed by atoms with Crippen LogP contribution in [0.5, 0.6) is 0 Å². The Morgan fingerprint density at radius 2 is 1.89 bits per heavy atom. The van der Waals surface area contributed by atoms with Crippen LogP contribution in [0.2, 0.25) is 0 Å². The lowest BCUT2D eigenvalue weighted by molar-refractivity contribution is 0.0885. The molecule has 0 heterocycles. The Bertz CT molecular complexity index is 428. The topological polar surface area (TPSA) is 29.1 Å². The highest BCUT2D eigenvalue weighted by molar-refractivity contribution is 9.10. The zero-order valence-electron chi connectivity index (χ0n) is 10.2. The Balaban J connectivity index is 2.13. The highest BCUT2D eigenvalue weighted by Crippen LogP contribution is 2.30. The molecule has 0 atom stereocenters. The van der Waals surface area contributed by atoms with Crippen molar-refractivity contribution in [3.8, 4) is 0 Å². The van der Waals surface area contributed by atoms with Gasteiger partial charge in [-0.25, -0.2) is 0 Å². The van der Waals surface area contributed by atoms with Crippen LogP contribution in [0.1, 0.15) is 42.5 Å². The number of alkyl halides is 1. The monoisotopic (exact) mass is 373 g/mol. The molecule has 1 fully saturated rings. The summed E-state index contributed by atoms with van der Waals surface area (Å²) in [6.07, 6.45) is 5.80. The first-order chi connectivity index (χ1) is 8.67. The van der Waals surface area contributed by atoms with Crippen molar-refractivity contribution in [3.63, 3.8) is 0 Å². The molecule has 0 bridgehead atoms. The third kappa shape index (κ3) is 3.15. The second kappa shape index (κ2) is 6.20. The summed E-state index contributed by atoms with van der Waals surface area (Å²) in [7, 11) is 0. The molecule has 1 aromatic rings. The fourth-order valence-electron chi connectivity index (χ4n) is 2.47. The Morgan fingerprint density at radius 3 is 2.50 bits per heavy atom. The van der Waals surface area contributed by atoms with Crippen molar-refractivity contribution >= 4 is 37.8 Å². The van der Waals surface area contributed by atoms with E-state index in [1.807, 2.05) is 24.3 Å². The first kappa shape index (κ1) is 14.1. The van der Waals surface area contributed by atoms with Gasteiger partial charge < -0.3 is 5.32 Å². The molecule has 1 saturated carbocycles. The number of rotatable bonds is 3. The van der Waals surface area contributed by atoms with E-state index in [2.05, 4.69) is 37.2 Å². The van der Waals surface area contributed by atoms with Crippen molar-refractivity contribution in [2.45, 2.75) is 37.6 Å². The second-order valence-corrected chi connectivity index (χ2v) is 6.32. The van der Waals surface area contributed by atoms with Crippen LogP contribution >= 0.6 is 31.9 Å². The van der Waals surface area contributed by atoms with E-state index in [0.29, 0.717) is 5.56 Å². The molecule has 0 aromatic heterocycles. The van der Waals surface area contributed by atoms with Crippen molar-refractivity contribution in [1.82, 2.24) is 5.32 Å². The number of carbonyl (C=O) groups is 1. The number of benzene rings is 1. The van der Waals surface area contributed by atoms with Gasteiger partial charge in [-0.15, -0.1) is 0 Å². The number of halogens is 2. The molecule has 1 aliphatic carbocycles. The van der Waals surface area contributed by atoms with Crippen LogP contribution < -0.4 is 5.32 Å². The predicted octanol–water partition coefficient (Wildman–Crippen LogP) is 4.28. The zero-order chi connectivity index (χ0) is 13.0. The van der Waals surface area contributed by atoms with Crippen LogP contribution in [0.25, 0.3) is 0 Å². The minimum atomic E-state index is -0.0649. The van der Waals surface area contributed by atoms with E-state index >= 15 is 0 Å². The molecule has 0 saturated heterocycles. The van der Waals surface area contributed by atoms with Crippen LogP contribution in [0, 0.1) is 0 Å². The van der Waals surface area contributed by atoms with E-state index in [0.717, 1.165) is 22.6 Å². The molecule has 1 aromatic carbocycles. The average molecular weight is 375 g/mol. The molecule has 0 aliphatic heterocycles. The van der Waals surface area contributed by atoms with Gasteiger partial charge in [0.15, 0.2) is 0 Å². The number of nitrogens with one attached hydrogen (secondary N) is 1. The van der Waals surface area contributed by atoms with Crippen molar-refractivity contribution < 1.29 is 4.79 Å². The number of amides is 1. The second-order valence-electron chi connectivity index (χ2n) is 4.91. The first-order valence-electron chi connectivity index (χ1n) is 6.30. The molecule has 1 aliphatic rings. The fraction of sp³-hybridized carbons (Fsp3) is 0.500. The maximum Gasteiger partial charge on any atom is 0.252 e. The van der Waals surface area contributed by atoms with Gasteiger partial charge in [0.1, 0.15) is 0 Å². The van der Waals surface area contributed by atoms with Crippen molar-refractivity contribution in [2.24, 2.45) is 0 Å². The van der Waals surface area contributed by atoms with Crippen molar-refractivity contribution in [2.75, 3.05) is 5.33 Å². The molecule has 1 N–H and O–H groups in total. The largest absolute Gasteiger partial charge is 0.346 e. The molecule has 2 nitrogen and oxygen atoms in total. The summed E-state index contributed by atoms with van der Waals surface area (Å²) in [5.74, 6) is 0.0174. The minimum Gasteiger partial charge on any atom is -0.346 e. The number of hydrogen-bond acceptors (Lipinski definition) is 1. The molecule has 4 heteroatoms. The summed E-state index contributed by atoms with van der Waals surface area (Å²) in [6, 6.07) is 7.56. The fourth-order valence-corrected chi connectivity index (χ4v) is 3.64.